The van der Waals surface area contributed by atoms with E-state index in [4.69, 9.17) is 15.2 Å². The smallest absolute Gasteiger partial charge is 0.231 e. The van der Waals surface area contributed by atoms with Gasteiger partial charge >= 0.3 is 0 Å². The summed E-state index contributed by atoms with van der Waals surface area (Å²) in [6.07, 6.45) is 3.32. The van der Waals surface area contributed by atoms with Crippen LogP contribution in [0.5, 0.6) is 11.5 Å². The highest BCUT2D eigenvalue weighted by molar-refractivity contribution is 5.48. The van der Waals surface area contributed by atoms with Gasteiger partial charge < -0.3 is 20.1 Å². The monoisotopic (exact) mass is 264 g/mol. The fourth-order valence-electron chi connectivity index (χ4n) is 2.30. The maximum absolute atomic E-state index is 5.51. The number of ether oxygens (including phenoxy) is 2. The second kappa shape index (κ2) is 6.78. The van der Waals surface area contributed by atoms with Gasteiger partial charge in [-0.25, -0.2) is 0 Å². The number of hydrogen-bond donors (Lipinski definition) is 1. The number of fused-ring (bicyclic) bond motifs is 1. The molecule has 0 atom stereocenters. The zero-order valence-corrected chi connectivity index (χ0v) is 11.9. The summed E-state index contributed by atoms with van der Waals surface area (Å²) in [5.74, 6) is 1.75. The molecule has 1 aliphatic rings. The minimum Gasteiger partial charge on any atom is -0.454 e. The first kappa shape index (κ1) is 14.2. The van der Waals surface area contributed by atoms with Gasteiger partial charge in [0, 0.05) is 6.54 Å². The predicted molar refractivity (Wildman–Crippen MR) is 76.8 cm³/mol. The molecule has 0 bridgehead atoms. The van der Waals surface area contributed by atoms with Crippen LogP contribution < -0.4 is 15.2 Å². The molecule has 106 valence electrons. The lowest BCUT2D eigenvalue weighted by Gasteiger charge is -2.17. The lowest BCUT2D eigenvalue weighted by molar-refractivity contribution is 0.174. The molecule has 2 N–H and O–H groups in total. The van der Waals surface area contributed by atoms with Gasteiger partial charge in [0.25, 0.3) is 0 Å². The van der Waals surface area contributed by atoms with Gasteiger partial charge in [0.05, 0.1) is 0 Å². The molecular formula is C15H24N2O2. The molecule has 0 radical (unpaired) electrons. The summed E-state index contributed by atoms with van der Waals surface area (Å²) in [5.41, 5.74) is 8.13. The Morgan fingerprint density at radius 2 is 1.89 bits per heavy atom. The van der Waals surface area contributed by atoms with Crippen molar-refractivity contribution in [2.75, 3.05) is 33.5 Å². The SMILES string of the molecule is Cc1cc2c(cc1CCN(C)CCCCN)OCO2. The third-order valence-corrected chi connectivity index (χ3v) is 3.59. The van der Waals surface area contributed by atoms with Crippen LogP contribution >= 0.6 is 0 Å². The predicted octanol–water partition coefficient (Wildman–Crippen LogP) is 1.94. The van der Waals surface area contributed by atoms with Crippen LogP contribution in [-0.2, 0) is 6.42 Å². The second-order valence-electron chi connectivity index (χ2n) is 5.18. The quantitative estimate of drug-likeness (QED) is 0.765. The molecule has 19 heavy (non-hydrogen) atoms. The number of nitrogens with two attached hydrogens (primary N) is 1. The number of aryl methyl sites for hydroxylation is 1. The Bertz CT molecular complexity index is 421. The van der Waals surface area contributed by atoms with Gasteiger partial charge in [-0.1, -0.05) is 0 Å². The van der Waals surface area contributed by atoms with Crippen LogP contribution in [0.25, 0.3) is 0 Å². The fourth-order valence-corrected chi connectivity index (χ4v) is 2.30. The molecule has 0 spiro atoms. The Morgan fingerprint density at radius 3 is 2.63 bits per heavy atom. The number of likely N-dealkylation sites (N-methyl/N-ethyl adjacent to an activating group) is 1. The van der Waals surface area contributed by atoms with Crippen molar-refractivity contribution in [2.45, 2.75) is 26.2 Å². The Labute approximate surface area is 115 Å². The third-order valence-electron chi connectivity index (χ3n) is 3.59. The van der Waals surface area contributed by atoms with E-state index in [1.54, 1.807) is 0 Å². The number of rotatable bonds is 7. The number of benzene rings is 1. The van der Waals surface area contributed by atoms with Gasteiger partial charge in [0.15, 0.2) is 11.5 Å². The van der Waals surface area contributed by atoms with E-state index in [9.17, 15) is 0 Å². The largest absolute Gasteiger partial charge is 0.454 e. The van der Waals surface area contributed by atoms with Crippen LogP contribution in [-0.4, -0.2) is 38.4 Å². The second-order valence-corrected chi connectivity index (χ2v) is 5.18. The van der Waals surface area contributed by atoms with Crippen molar-refractivity contribution in [2.24, 2.45) is 5.73 Å². The van der Waals surface area contributed by atoms with Crippen molar-refractivity contribution in [3.05, 3.63) is 23.3 Å². The molecule has 4 heteroatoms. The molecule has 0 aliphatic carbocycles. The molecule has 4 nitrogen and oxygen atoms in total. The maximum atomic E-state index is 5.51. The molecule has 0 fully saturated rings. The lowest BCUT2D eigenvalue weighted by atomic mass is 10.0. The lowest BCUT2D eigenvalue weighted by Crippen LogP contribution is -2.23. The first-order valence-corrected chi connectivity index (χ1v) is 6.98. The summed E-state index contributed by atoms with van der Waals surface area (Å²) in [6, 6.07) is 4.19. The first-order valence-electron chi connectivity index (χ1n) is 6.98. The minimum atomic E-state index is 0.344. The van der Waals surface area contributed by atoms with Gasteiger partial charge in [0.2, 0.25) is 6.79 Å². The van der Waals surface area contributed by atoms with Crippen molar-refractivity contribution >= 4 is 0 Å². The van der Waals surface area contributed by atoms with E-state index >= 15 is 0 Å². The van der Waals surface area contributed by atoms with Gasteiger partial charge in [-0.3, -0.25) is 0 Å². The Balaban J connectivity index is 1.86. The van der Waals surface area contributed by atoms with E-state index in [-0.39, 0.29) is 0 Å². The number of hydrogen-bond acceptors (Lipinski definition) is 4. The van der Waals surface area contributed by atoms with Crippen molar-refractivity contribution in [1.29, 1.82) is 0 Å². The minimum absolute atomic E-state index is 0.344. The van der Waals surface area contributed by atoms with Crippen molar-refractivity contribution in [3.63, 3.8) is 0 Å². The Morgan fingerprint density at radius 1 is 1.16 bits per heavy atom. The average Bonchev–Trinajstić information content (AvgIpc) is 2.83. The molecule has 0 saturated carbocycles. The molecule has 0 saturated heterocycles. The summed E-state index contributed by atoms with van der Waals surface area (Å²) in [7, 11) is 2.17. The van der Waals surface area contributed by atoms with E-state index < -0.39 is 0 Å². The van der Waals surface area contributed by atoms with E-state index in [1.807, 2.05) is 0 Å². The summed E-state index contributed by atoms with van der Waals surface area (Å²) >= 11 is 0. The van der Waals surface area contributed by atoms with Crippen LogP contribution in [0.15, 0.2) is 12.1 Å². The molecule has 1 aliphatic heterocycles. The van der Waals surface area contributed by atoms with Crippen LogP contribution in [0.4, 0.5) is 0 Å². The fraction of sp³-hybridized carbons (Fsp3) is 0.600. The van der Waals surface area contributed by atoms with E-state index in [0.29, 0.717) is 6.79 Å². The highest BCUT2D eigenvalue weighted by Crippen LogP contribution is 2.34. The molecule has 0 unspecified atom stereocenters. The van der Waals surface area contributed by atoms with Crippen LogP contribution in [0.3, 0.4) is 0 Å². The average molecular weight is 264 g/mol. The van der Waals surface area contributed by atoms with Crippen molar-refractivity contribution in [1.82, 2.24) is 4.90 Å². The van der Waals surface area contributed by atoms with Crippen molar-refractivity contribution in [3.8, 4) is 11.5 Å². The summed E-state index contributed by atoms with van der Waals surface area (Å²) < 4.78 is 10.8. The van der Waals surface area contributed by atoms with Crippen LogP contribution in [0.1, 0.15) is 24.0 Å². The zero-order valence-electron chi connectivity index (χ0n) is 11.9. The van der Waals surface area contributed by atoms with Gasteiger partial charge in [-0.2, -0.15) is 0 Å². The summed E-state index contributed by atoms with van der Waals surface area (Å²) in [5, 5.41) is 0. The molecule has 0 aromatic heterocycles. The summed E-state index contributed by atoms with van der Waals surface area (Å²) in [4.78, 5) is 2.36. The highest BCUT2D eigenvalue weighted by atomic mass is 16.7. The molecule has 1 aromatic rings. The van der Waals surface area contributed by atoms with E-state index in [2.05, 4.69) is 31.0 Å². The zero-order chi connectivity index (χ0) is 13.7. The highest BCUT2D eigenvalue weighted by Gasteiger charge is 2.15. The Hall–Kier alpha value is -1.26. The van der Waals surface area contributed by atoms with E-state index in [0.717, 1.165) is 44.0 Å². The molecular weight excluding hydrogens is 240 g/mol. The topological polar surface area (TPSA) is 47.7 Å². The number of nitrogens with zero attached hydrogens (tertiary/aromatic N) is 1. The Kier molecular flexibility index (Phi) is 5.05. The molecule has 1 heterocycles. The van der Waals surface area contributed by atoms with Gasteiger partial charge in [0.1, 0.15) is 0 Å². The van der Waals surface area contributed by atoms with Gasteiger partial charge in [-0.15, -0.1) is 0 Å². The first-order chi connectivity index (χ1) is 9.20. The van der Waals surface area contributed by atoms with Crippen LogP contribution in [0, 0.1) is 6.92 Å². The third kappa shape index (κ3) is 3.85. The standard InChI is InChI=1S/C15H24N2O2/c1-12-9-14-15(19-11-18-14)10-13(12)5-8-17(2)7-4-3-6-16/h9-10H,3-8,11,16H2,1-2H3. The van der Waals surface area contributed by atoms with Gasteiger partial charge in [-0.05, 0) is 69.6 Å². The van der Waals surface area contributed by atoms with Crippen LogP contribution in [0.2, 0.25) is 0 Å². The van der Waals surface area contributed by atoms with Crippen molar-refractivity contribution < 1.29 is 9.47 Å². The van der Waals surface area contributed by atoms with E-state index in [1.165, 1.54) is 17.5 Å². The molecule has 0 amide bonds. The maximum Gasteiger partial charge on any atom is 0.231 e. The summed E-state index contributed by atoms with van der Waals surface area (Å²) in [6.45, 7) is 5.43. The normalized spacial score (nSPS) is 13.3. The number of unbranched alkanes of at least 4 members (excludes halogenated alkanes) is 1. The molecule has 1 aromatic carbocycles. The molecule has 2 rings (SSSR count).